The minimum atomic E-state index is -2.62. The number of hydrogen-bond acceptors (Lipinski definition) is 10. The summed E-state index contributed by atoms with van der Waals surface area (Å²) in [6, 6.07) is 11.9. The molecule has 9 N–H and O–H groups in total. The molecule has 208 valence electrons. The zero-order valence-electron chi connectivity index (χ0n) is 21.8. The lowest BCUT2D eigenvalue weighted by molar-refractivity contribution is -0.623. The fourth-order valence-corrected chi connectivity index (χ4v) is 6.30. The average molecular weight is 548 g/mol. The maximum Gasteiger partial charge on any atom is 0.346 e. The topological polar surface area (TPSA) is 198 Å². The first kappa shape index (κ1) is 25.8. The number of aliphatic hydroxyl groups is 2. The molecule has 2 fully saturated rings. The zero-order valence-corrected chi connectivity index (χ0v) is 21.8. The number of likely N-dealkylation sites (tertiary alicyclic amines) is 1. The van der Waals surface area contributed by atoms with Gasteiger partial charge >= 0.3 is 5.96 Å². The van der Waals surface area contributed by atoms with Gasteiger partial charge in [-0.15, -0.1) is 0 Å². The fourth-order valence-electron chi connectivity index (χ4n) is 6.30. The number of nitrogens with two attached hydrogens (primary N) is 2. The highest BCUT2D eigenvalue weighted by atomic mass is 16.5. The van der Waals surface area contributed by atoms with Crippen LogP contribution in [0.2, 0.25) is 0 Å². The Morgan fingerprint density at radius 1 is 1.15 bits per heavy atom. The Labute approximate surface area is 229 Å². The van der Waals surface area contributed by atoms with E-state index in [0.717, 1.165) is 21.6 Å². The van der Waals surface area contributed by atoms with Gasteiger partial charge in [-0.05, 0) is 35.7 Å². The lowest BCUT2D eigenvalue weighted by atomic mass is 9.85. The number of benzene rings is 2. The number of rotatable bonds is 5. The normalized spacial score (nSPS) is 28.5. The summed E-state index contributed by atoms with van der Waals surface area (Å²) in [7, 11) is 0. The molecule has 3 amide bonds. The molecule has 0 aliphatic carbocycles. The molecular formula is C27H31N8O5+. The van der Waals surface area contributed by atoms with E-state index in [2.05, 4.69) is 20.9 Å². The maximum absolute atomic E-state index is 13.4. The van der Waals surface area contributed by atoms with Gasteiger partial charge in [-0.25, -0.2) is 9.57 Å². The second-order valence-corrected chi connectivity index (χ2v) is 10.6. The molecule has 0 bridgehead atoms. The molecular weight excluding hydrogens is 516 g/mol. The second-order valence-electron chi connectivity index (χ2n) is 10.6. The SMILES string of the molecule is Cc1ccccc1-c1cccc(C(=O)NC2C[N+]3=C(N)N[C@@H](CN4C(=O)CCC4=O)[C@@H]4N=C(N)N[C@@]43C2(O)O)c1. The van der Waals surface area contributed by atoms with Crippen LogP contribution in [0.15, 0.2) is 53.5 Å². The summed E-state index contributed by atoms with van der Waals surface area (Å²) in [5.41, 5.74) is 13.8. The van der Waals surface area contributed by atoms with Crippen LogP contribution in [0.1, 0.15) is 28.8 Å². The number of aryl methyl sites for hydroxylation is 1. The summed E-state index contributed by atoms with van der Waals surface area (Å²) in [6.07, 6.45) is 0.221. The molecule has 4 aliphatic rings. The Kier molecular flexibility index (Phi) is 5.82. The van der Waals surface area contributed by atoms with Crippen LogP contribution in [0, 0.1) is 6.92 Å². The van der Waals surface area contributed by atoms with Crippen LogP contribution in [-0.4, -0.2) is 92.0 Å². The van der Waals surface area contributed by atoms with Gasteiger partial charge in [0.25, 0.3) is 5.91 Å². The molecule has 0 aromatic heterocycles. The van der Waals surface area contributed by atoms with Crippen molar-refractivity contribution in [1.82, 2.24) is 20.9 Å². The van der Waals surface area contributed by atoms with Crippen molar-refractivity contribution >= 4 is 29.6 Å². The first-order chi connectivity index (χ1) is 19.0. The van der Waals surface area contributed by atoms with Crippen molar-refractivity contribution in [3.63, 3.8) is 0 Å². The number of nitrogens with zero attached hydrogens (tertiary/aromatic N) is 3. The highest BCUT2D eigenvalue weighted by molar-refractivity contribution is 6.02. The first-order valence-electron chi connectivity index (χ1n) is 13.1. The van der Waals surface area contributed by atoms with E-state index < -0.39 is 35.5 Å². The van der Waals surface area contributed by atoms with Crippen molar-refractivity contribution in [3.05, 3.63) is 59.7 Å². The molecule has 1 unspecified atom stereocenters. The highest BCUT2D eigenvalue weighted by Gasteiger charge is 2.75. The van der Waals surface area contributed by atoms with E-state index in [9.17, 15) is 24.6 Å². The minimum Gasteiger partial charge on any atom is -0.370 e. The Morgan fingerprint density at radius 3 is 2.60 bits per heavy atom. The van der Waals surface area contributed by atoms with E-state index in [4.69, 9.17) is 11.5 Å². The van der Waals surface area contributed by atoms with Gasteiger partial charge in [-0.3, -0.25) is 30.3 Å². The summed E-state index contributed by atoms with van der Waals surface area (Å²) in [4.78, 5) is 43.5. The molecule has 13 nitrogen and oxygen atoms in total. The predicted octanol–water partition coefficient (Wildman–Crippen LogP) is -2.11. The third-order valence-corrected chi connectivity index (χ3v) is 8.29. The van der Waals surface area contributed by atoms with Crippen LogP contribution in [0.4, 0.5) is 0 Å². The molecule has 13 heteroatoms. The van der Waals surface area contributed by atoms with Gasteiger partial charge in [0.1, 0.15) is 18.1 Å². The van der Waals surface area contributed by atoms with Gasteiger partial charge < -0.3 is 26.6 Å². The lowest BCUT2D eigenvalue weighted by Gasteiger charge is -2.44. The Bertz CT molecular complexity index is 1490. The molecule has 0 radical (unpaired) electrons. The standard InChI is InChI=1S/C27H30N8O5/c1-14-5-2-3-8-17(14)15-6-4-7-16(11-15)23(38)31-19-13-35-25(29)30-18(12-34-20(36)9-10-21(34)37)22-26(35,27(19,39)40)33-24(28)32-22/h2-8,11,18-19,22,39-40H,9-10,12-13H2,1H3,(H6,28,29,30,31,32,33,38)/p+1/t18-,19?,22-,26-/m0/s1. The largest absolute Gasteiger partial charge is 0.370 e. The third kappa shape index (κ3) is 3.72. The first-order valence-corrected chi connectivity index (χ1v) is 13.1. The third-order valence-electron chi connectivity index (χ3n) is 8.29. The van der Waals surface area contributed by atoms with Gasteiger partial charge in [0.2, 0.25) is 23.3 Å². The van der Waals surface area contributed by atoms with E-state index in [0.29, 0.717) is 5.56 Å². The molecule has 4 atom stereocenters. The van der Waals surface area contributed by atoms with Crippen molar-refractivity contribution in [1.29, 1.82) is 0 Å². The van der Waals surface area contributed by atoms with E-state index >= 15 is 0 Å². The number of nitrogens with one attached hydrogen (secondary N) is 3. The van der Waals surface area contributed by atoms with Crippen LogP contribution in [0.3, 0.4) is 0 Å². The van der Waals surface area contributed by atoms with Crippen LogP contribution < -0.4 is 27.4 Å². The number of aliphatic imine (C=N–C) groups is 1. The number of hydrogen-bond donors (Lipinski definition) is 7. The molecule has 2 aromatic rings. The number of carbonyl (C=O) groups excluding carboxylic acids is 3. The number of imide groups is 1. The average Bonchev–Trinajstić information content (AvgIpc) is 3.52. The van der Waals surface area contributed by atoms with E-state index in [1.807, 2.05) is 37.3 Å². The van der Waals surface area contributed by atoms with Gasteiger partial charge in [-0.1, -0.05) is 36.4 Å². The number of carbonyl (C=O) groups is 3. The van der Waals surface area contributed by atoms with Crippen molar-refractivity contribution in [2.45, 2.75) is 49.3 Å². The van der Waals surface area contributed by atoms with E-state index in [1.54, 1.807) is 18.2 Å². The van der Waals surface area contributed by atoms with E-state index in [1.165, 1.54) is 4.58 Å². The lowest BCUT2D eigenvalue weighted by Crippen LogP contribution is -2.79. The van der Waals surface area contributed by atoms with Crippen LogP contribution >= 0.6 is 0 Å². The molecule has 2 saturated heterocycles. The van der Waals surface area contributed by atoms with Crippen LogP contribution in [0.25, 0.3) is 11.1 Å². The Hall–Kier alpha value is -4.49. The van der Waals surface area contributed by atoms with Crippen LogP contribution in [-0.2, 0) is 9.59 Å². The summed E-state index contributed by atoms with van der Waals surface area (Å²) in [5, 5.41) is 32.0. The van der Waals surface area contributed by atoms with Crippen molar-refractivity contribution in [3.8, 4) is 11.1 Å². The van der Waals surface area contributed by atoms with Crippen molar-refractivity contribution in [2.75, 3.05) is 13.1 Å². The Morgan fingerprint density at radius 2 is 1.88 bits per heavy atom. The molecule has 40 heavy (non-hydrogen) atoms. The zero-order chi connectivity index (χ0) is 28.4. The summed E-state index contributed by atoms with van der Waals surface area (Å²) < 4.78 is 1.47. The molecule has 4 heterocycles. The van der Waals surface area contributed by atoms with Crippen molar-refractivity contribution < 1.29 is 29.2 Å². The monoisotopic (exact) mass is 547 g/mol. The van der Waals surface area contributed by atoms with Crippen molar-refractivity contribution in [2.24, 2.45) is 16.5 Å². The van der Waals surface area contributed by atoms with Gasteiger partial charge in [0, 0.05) is 18.4 Å². The number of amides is 3. The highest BCUT2D eigenvalue weighted by Crippen LogP contribution is 2.41. The molecule has 0 saturated carbocycles. The van der Waals surface area contributed by atoms with Gasteiger partial charge in [-0.2, -0.15) is 0 Å². The summed E-state index contributed by atoms with van der Waals surface area (Å²) in [6.45, 7) is 1.81. The quantitative estimate of drug-likeness (QED) is 0.124. The maximum atomic E-state index is 13.4. The summed E-state index contributed by atoms with van der Waals surface area (Å²) >= 11 is 0. The van der Waals surface area contributed by atoms with E-state index in [-0.39, 0.29) is 49.7 Å². The predicted molar refractivity (Wildman–Crippen MR) is 144 cm³/mol. The second kappa shape index (κ2) is 9.03. The Balaban J connectivity index is 1.29. The minimum absolute atomic E-state index is 0.0588. The smallest absolute Gasteiger partial charge is 0.346 e. The molecule has 2 aromatic carbocycles. The fraction of sp³-hybridized carbons (Fsp3) is 0.370. The molecule has 4 aliphatic heterocycles. The molecule has 6 rings (SSSR count). The van der Waals surface area contributed by atoms with Gasteiger partial charge in [0.05, 0.1) is 13.1 Å². The molecule has 1 spiro atoms. The summed E-state index contributed by atoms with van der Waals surface area (Å²) in [5.74, 6) is -3.79. The van der Waals surface area contributed by atoms with Gasteiger partial charge in [0.15, 0.2) is 5.96 Å². The van der Waals surface area contributed by atoms with Crippen LogP contribution in [0.5, 0.6) is 0 Å². The number of guanidine groups is 2.